The van der Waals surface area contributed by atoms with Gasteiger partial charge in [-0.15, -0.1) is 0 Å². The summed E-state index contributed by atoms with van der Waals surface area (Å²) in [4.78, 5) is 12.1. The SMILES string of the molecule is O=C(Cn1nc(C(F)(F)F)cc1C1CC1)NC1CCCCC1. The number of amides is 1. The van der Waals surface area contributed by atoms with Crippen LogP contribution in [0.25, 0.3) is 0 Å². The van der Waals surface area contributed by atoms with Gasteiger partial charge >= 0.3 is 6.18 Å². The topological polar surface area (TPSA) is 46.9 Å². The van der Waals surface area contributed by atoms with Gasteiger partial charge in [0.15, 0.2) is 5.69 Å². The molecule has 1 aromatic heterocycles. The number of rotatable bonds is 4. The monoisotopic (exact) mass is 315 g/mol. The molecular weight excluding hydrogens is 295 g/mol. The van der Waals surface area contributed by atoms with Crippen molar-refractivity contribution in [2.75, 3.05) is 0 Å². The number of nitrogens with one attached hydrogen (secondary N) is 1. The first kappa shape index (κ1) is 15.4. The van der Waals surface area contributed by atoms with Gasteiger partial charge in [-0.2, -0.15) is 18.3 Å². The summed E-state index contributed by atoms with van der Waals surface area (Å²) in [6.07, 6.45) is 2.56. The first-order valence-electron chi connectivity index (χ1n) is 7.88. The summed E-state index contributed by atoms with van der Waals surface area (Å²) in [6.45, 7) is -0.127. The van der Waals surface area contributed by atoms with Crippen molar-refractivity contribution in [3.05, 3.63) is 17.5 Å². The molecule has 0 unspecified atom stereocenters. The first-order valence-corrected chi connectivity index (χ1v) is 7.88. The molecule has 2 saturated carbocycles. The molecule has 0 aliphatic heterocycles. The van der Waals surface area contributed by atoms with Gasteiger partial charge in [-0.1, -0.05) is 19.3 Å². The van der Waals surface area contributed by atoms with Crippen molar-refractivity contribution in [3.63, 3.8) is 0 Å². The van der Waals surface area contributed by atoms with Crippen molar-refractivity contribution in [1.29, 1.82) is 0 Å². The van der Waals surface area contributed by atoms with Crippen molar-refractivity contribution < 1.29 is 18.0 Å². The van der Waals surface area contributed by atoms with Crippen molar-refractivity contribution >= 4 is 5.91 Å². The van der Waals surface area contributed by atoms with Gasteiger partial charge in [-0.25, -0.2) is 0 Å². The summed E-state index contributed by atoms with van der Waals surface area (Å²) in [5.41, 5.74) is -0.369. The Morgan fingerprint density at radius 2 is 1.91 bits per heavy atom. The summed E-state index contributed by atoms with van der Waals surface area (Å²) in [5, 5.41) is 6.53. The van der Waals surface area contributed by atoms with Crippen LogP contribution in [0.5, 0.6) is 0 Å². The zero-order chi connectivity index (χ0) is 15.7. The molecule has 0 saturated heterocycles. The molecule has 22 heavy (non-hydrogen) atoms. The van der Waals surface area contributed by atoms with Crippen LogP contribution in [0.3, 0.4) is 0 Å². The Balaban J connectivity index is 1.68. The molecule has 1 N–H and O–H groups in total. The lowest BCUT2D eigenvalue weighted by atomic mass is 9.95. The smallest absolute Gasteiger partial charge is 0.352 e. The summed E-state index contributed by atoms with van der Waals surface area (Å²) >= 11 is 0. The van der Waals surface area contributed by atoms with Crippen molar-refractivity contribution in [3.8, 4) is 0 Å². The van der Waals surface area contributed by atoms with E-state index in [-0.39, 0.29) is 24.4 Å². The standard InChI is InChI=1S/C15H20F3N3O/c16-15(17,18)13-8-12(10-6-7-10)21(20-13)9-14(22)19-11-4-2-1-3-5-11/h8,10-11H,1-7,9H2,(H,19,22). The largest absolute Gasteiger partial charge is 0.435 e. The molecule has 2 fully saturated rings. The van der Waals surface area contributed by atoms with E-state index < -0.39 is 11.9 Å². The highest BCUT2D eigenvalue weighted by atomic mass is 19.4. The maximum atomic E-state index is 12.8. The molecule has 4 nitrogen and oxygen atoms in total. The van der Waals surface area contributed by atoms with Crippen LogP contribution in [0, 0.1) is 0 Å². The van der Waals surface area contributed by atoms with E-state index in [1.54, 1.807) is 0 Å². The molecule has 7 heteroatoms. The fraction of sp³-hybridized carbons (Fsp3) is 0.733. The van der Waals surface area contributed by atoms with Crippen LogP contribution >= 0.6 is 0 Å². The molecule has 0 spiro atoms. The third-order valence-electron chi connectivity index (χ3n) is 4.36. The molecule has 1 heterocycles. The van der Waals surface area contributed by atoms with E-state index in [4.69, 9.17) is 0 Å². The molecule has 0 atom stereocenters. The van der Waals surface area contributed by atoms with Gasteiger partial charge in [0.05, 0.1) is 0 Å². The van der Waals surface area contributed by atoms with Crippen LogP contribution in [-0.2, 0) is 17.5 Å². The molecule has 2 aliphatic rings. The molecule has 0 bridgehead atoms. The summed E-state index contributed by atoms with van der Waals surface area (Å²) in [7, 11) is 0. The molecule has 0 radical (unpaired) electrons. The van der Waals surface area contributed by atoms with E-state index in [0.717, 1.165) is 44.6 Å². The molecule has 1 amide bonds. The van der Waals surface area contributed by atoms with Gasteiger partial charge in [0.25, 0.3) is 0 Å². The lowest BCUT2D eigenvalue weighted by Crippen LogP contribution is -2.38. The van der Waals surface area contributed by atoms with E-state index in [9.17, 15) is 18.0 Å². The maximum absolute atomic E-state index is 12.8. The predicted octanol–water partition coefficient (Wildman–Crippen LogP) is 3.23. The van der Waals surface area contributed by atoms with Gasteiger partial charge in [-0.3, -0.25) is 9.48 Å². The summed E-state index contributed by atoms with van der Waals surface area (Å²) < 4.78 is 39.6. The number of aromatic nitrogens is 2. The lowest BCUT2D eigenvalue weighted by Gasteiger charge is -2.22. The van der Waals surface area contributed by atoms with Crippen LogP contribution in [-0.4, -0.2) is 21.7 Å². The Bertz CT molecular complexity index is 543. The molecule has 122 valence electrons. The lowest BCUT2D eigenvalue weighted by molar-refractivity contribution is -0.141. The third-order valence-corrected chi connectivity index (χ3v) is 4.36. The summed E-state index contributed by atoms with van der Waals surface area (Å²) in [6, 6.07) is 1.24. The quantitative estimate of drug-likeness (QED) is 0.927. The van der Waals surface area contributed by atoms with E-state index in [1.807, 2.05) is 0 Å². The molecule has 2 aliphatic carbocycles. The first-order chi connectivity index (χ1) is 10.4. The van der Waals surface area contributed by atoms with E-state index in [0.29, 0.717) is 5.69 Å². The van der Waals surface area contributed by atoms with E-state index >= 15 is 0 Å². The Morgan fingerprint density at radius 3 is 2.50 bits per heavy atom. The minimum absolute atomic E-state index is 0.117. The maximum Gasteiger partial charge on any atom is 0.435 e. The Morgan fingerprint density at radius 1 is 1.23 bits per heavy atom. The van der Waals surface area contributed by atoms with Gasteiger partial charge < -0.3 is 5.32 Å². The Hall–Kier alpha value is -1.53. The number of hydrogen-bond donors (Lipinski definition) is 1. The number of alkyl halides is 3. The highest BCUT2D eigenvalue weighted by molar-refractivity contribution is 5.76. The van der Waals surface area contributed by atoms with Crippen LogP contribution in [0.1, 0.15) is 62.3 Å². The second kappa shape index (κ2) is 5.93. The molecule has 1 aromatic rings. The average molecular weight is 315 g/mol. The van der Waals surface area contributed by atoms with Gasteiger partial charge in [0, 0.05) is 17.7 Å². The zero-order valence-corrected chi connectivity index (χ0v) is 12.3. The Labute approximate surface area is 127 Å². The minimum atomic E-state index is -4.46. The Kier molecular flexibility index (Phi) is 4.14. The molecule has 0 aromatic carbocycles. The van der Waals surface area contributed by atoms with Crippen molar-refractivity contribution in [1.82, 2.24) is 15.1 Å². The van der Waals surface area contributed by atoms with E-state index in [2.05, 4.69) is 10.4 Å². The van der Waals surface area contributed by atoms with Crippen molar-refractivity contribution in [2.45, 2.75) is 69.6 Å². The molecule has 3 rings (SSSR count). The number of halogens is 3. The number of nitrogens with zero attached hydrogens (tertiary/aromatic N) is 2. The van der Waals surface area contributed by atoms with Gasteiger partial charge in [-0.05, 0) is 31.7 Å². The second-order valence-corrected chi connectivity index (χ2v) is 6.29. The highest BCUT2D eigenvalue weighted by Gasteiger charge is 2.38. The van der Waals surface area contributed by atoms with Crippen LogP contribution < -0.4 is 5.32 Å². The van der Waals surface area contributed by atoms with Crippen molar-refractivity contribution in [2.24, 2.45) is 0 Å². The minimum Gasteiger partial charge on any atom is -0.352 e. The third kappa shape index (κ3) is 3.62. The summed E-state index contributed by atoms with van der Waals surface area (Å²) in [5.74, 6) is -0.128. The van der Waals surface area contributed by atoms with Gasteiger partial charge in [0.2, 0.25) is 5.91 Å². The van der Waals surface area contributed by atoms with Crippen LogP contribution in [0.2, 0.25) is 0 Å². The van der Waals surface area contributed by atoms with E-state index in [1.165, 1.54) is 11.1 Å². The number of carbonyl (C=O) groups is 1. The normalized spacial score (nSPS) is 20.1. The van der Waals surface area contributed by atoms with Gasteiger partial charge in [0.1, 0.15) is 6.54 Å². The number of hydrogen-bond acceptors (Lipinski definition) is 2. The zero-order valence-electron chi connectivity index (χ0n) is 12.3. The second-order valence-electron chi connectivity index (χ2n) is 6.29. The van der Waals surface area contributed by atoms with Crippen LogP contribution in [0.4, 0.5) is 13.2 Å². The number of carbonyl (C=O) groups excluding carboxylic acids is 1. The molecular formula is C15H20F3N3O. The predicted molar refractivity (Wildman–Crippen MR) is 74.2 cm³/mol. The fourth-order valence-electron chi connectivity index (χ4n) is 3.06. The highest BCUT2D eigenvalue weighted by Crippen LogP contribution is 2.42. The van der Waals surface area contributed by atoms with Crippen LogP contribution in [0.15, 0.2) is 6.07 Å². The fourth-order valence-corrected chi connectivity index (χ4v) is 3.06. The average Bonchev–Trinajstić information content (AvgIpc) is 3.20.